The number of hydrogen-bond acceptors (Lipinski definition) is 3. The summed E-state index contributed by atoms with van der Waals surface area (Å²) in [5.74, 6) is -0.0788. The average molecular weight is 278 g/mol. The van der Waals surface area contributed by atoms with Crippen molar-refractivity contribution >= 4 is 22.6 Å². The molecule has 6 heteroatoms. The largest absolute Gasteiger partial charge is 0.369 e. The van der Waals surface area contributed by atoms with Crippen LogP contribution in [0, 0.1) is 0 Å². The normalized spacial score (nSPS) is 11.5. The van der Waals surface area contributed by atoms with Crippen molar-refractivity contribution in [1.82, 2.24) is 9.97 Å². The van der Waals surface area contributed by atoms with Crippen molar-refractivity contribution in [3.63, 3.8) is 0 Å². The monoisotopic (exact) mass is 278 g/mol. The molecule has 0 bridgehead atoms. The van der Waals surface area contributed by atoms with Crippen LogP contribution in [-0.4, -0.2) is 21.6 Å². The molecule has 6 nitrogen and oxygen atoms in total. The van der Waals surface area contributed by atoms with Gasteiger partial charge in [-0.1, -0.05) is 30.3 Å². The van der Waals surface area contributed by atoms with Gasteiger partial charge in [0.05, 0.1) is 11.7 Å². The van der Waals surface area contributed by atoms with Crippen molar-refractivity contribution in [3.05, 3.63) is 66.1 Å². The molecule has 0 amide bonds. The molecule has 0 spiro atoms. The SMILES string of the molecule is NC(N)=N/N=C(\c1ccccc1)c1c[nH]c2cnccc12. The number of rotatable bonds is 3. The first-order chi connectivity index (χ1) is 10.3. The third-order valence-electron chi connectivity index (χ3n) is 3.05. The van der Waals surface area contributed by atoms with Gasteiger partial charge in [-0.15, -0.1) is 10.2 Å². The second-order valence-electron chi connectivity index (χ2n) is 4.46. The topological polar surface area (TPSA) is 105 Å². The van der Waals surface area contributed by atoms with E-state index in [1.54, 1.807) is 12.4 Å². The number of aromatic amines is 1. The molecule has 0 aliphatic rings. The van der Waals surface area contributed by atoms with E-state index in [-0.39, 0.29) is 5.96 Å². The van der Waals surface area contributed by atoms with E-state index in [1.165, 1.54) is 0 Å². The lowest BCUT2D eigenvalue weighted by Gasteiger charge is -2.04. The number of aromatic nitrogens is 2. The maximum absolute atomic E-state index is 5.39. The molecule has 0 saturated carbocycles. The third-order valence-corrected chi connectivity index (χ3v) is 3.05. The van der Waals surface area contributed by atoms with Crippen LogP contribution >= 0.6 is 0 Å². The zero-order chi connectivity index (χ0) is 14.7. The fourth-order valence-corrected chi connectivity index (χ4v) is 2.14. The molecule has 0 radical (unpaired) electrons. The van der Waals surface area contributed by atoms with Gasteiger partial charge in [-0.2, -0.15) is 0 Å². The van der Waals surface area contributed by atoms with Gasteiger partial charge in [0.25, 0.3) is 0 Å². The first-order valence-electron chi connectivity index (χ1n) is 6.39. The molecular weight excluding hydrogens is 264 g/mol. The van der Waals surface area contributed by atoms with Gasteiger partial charge in [0.1, 0.15) is 5.71 Å². The predicted octanol–water partition coefficient (Wildman–Crippen LogP) is 1.59. The fourth-order valence-electron chi connectivity index (χ4n) is 2.14. The van der Waals surface area contributed by atoms with Crippen LogP contribution < -0.4 is 11.5 Å². The van der Waals surface area contributed by atoms with Crippen LogP contribution in [0.15, 0.2) is 65.2 Å². The van der Waals surface area contributed by atoms with Crippen LogP contribution in [0.25, 0.3) is 10.9 Å². The van der Waals surface area contributed by atoms with Crippen molar-refractivity contribution < 1.29 is 0 Å². The van der Waals surface area contributed by atoms with Crippen molar-refractivity contribution in [1.29, 1.82) is 0 Å². The highest BCUT2D eigenvalue weighted by molar-refractivity contribution is 6.19. The van der Waals surface area contributed by atoms with Crippen molar-refractivity contribution in [2.75, 3.05) is 0 Å². The molecule has 0 aliphatic carbocycles. The van der Waals surface area contributed by atoms with Crippen molar-refractivity contribution in [2.24, 2.45) is 21.7 Å². The number of H-pyrrole nitrogens is 1. The minimum atomic E-state index is -0.0788. The van der Waals surface area contributed by atoms with Gasteiger partial charge in [0, 0.05) is 28.9 Å². The summed E-state index contributed by atoms with van der Waals surface area (Å²) in [7, 11) is 0. The number of hydrogen-bond donors (Lipinski definition) is 3. The summed E-state index contributed by atoms with van der Waals surface area (Å²) in [6, 6.07) is 11.7. The second kappa shape index (κ2) is 5.46. The minimum Gasteiger partial charge on any atom is -0.369 e. The number of nitrogens with zero attached hydrogens (tertiary/aromatic N) is 3. The van der Waals surface area contributed by atoms with E-state index in [0.717, 1.165) is 22.0 Å². The van der Waals surface area contributed by atoms with E-state index in [0.29, 0.717) is 5.71 Å². The molecule has 5 N–H and O–H groups in total. The molecule has 1 aromatic carbocycles. The van der Waals surface area contributed by atoms with Crippen LogP contribution in [0.5, 0.6) is 0 Å². The number of nitrogens with one attached hydrogen (secondary N) is 1. The molecule has 0 saturated heterocycles. The van der Waals surface area contributed by atoms with Crippen molar-refractivity contribution in [2.45, 2.75) is 0 Å². The number of nitrogens with two attached hydrogens (primary N) is 2. The van der Waals surface area contributed by atoms with Crippen LogP contribution in [-0.2, 0) is 0 Å². The molecule has 0 fully saturated rings. The number of pyridine rings is 1. The van der Waals surface area contributed by atoms with Gasteiger partial charge in [0.15, 0.2) is 0 Å². The zero-order valence-corrected chi connectivity index (χ0v) is 11.2. The Bertz CT molecular complexity index is 812. The second-order valence-corrected chi connectivity index (χ2v) is 4.46. The van der Waals surface area contributed by atoms with E-state index < -0.39 is 0 Å². The Labute approximate surface area is 121 Å². The Kier molecular flexibility index (Phi) is 3.34. The Morgan fingerprint density at radius 1 is 1.05 bits per heavy atom. The first kappa shape index (κ1) is 12.9. The van der Waals surface area contributed by atoms with E-state index in [2.05, 4.69) is 20.2 Å². The zero-order valence-electron chi connectivity index (χ0n) is 11.2. The van der Waals surface area contributed by atoms with Gasteiger partial charge < -0.3 is 16.5 Å². The van der Waals surface area contributed by atoms with Gasteiger partial charge in [0.2, 0.25) is 5.96 Å². The molecule has 0 atom stereocenters. The molecule has 3 aromatic rings. The van der Waals surface area contributed by atoms with Crippen LogP contribution in [0.4, 0.5) is 0 Å². The van der Waals surface area contributed by atoms with Crippen LogP contribution in [0.1, 0.15) is 11.1 Å². The van der Waals surface area contributed by atoms with E-state index >= 15 is 0 Å². The highest BCUT2D eigenvalue weighted by Gasteiger charge is 2.12. The van der Waals surface area contributed by atoms with Crippen LogP contribution in [0.2, 0.25) is 0 Å². The van der Waals surface area contributed by atoms with Gasteiger partial charge in [-0.05, 0) is 6.07 Å². The first-order valence-corrected chi connectivity index (χ1v) is 6.39. The molecule has 2 heterocycles. The molecule has 3 rings (SSSR count). The standard InChI is InChI=1S/C15H14N6/c16-15(17)21-20-14(10-4-2-1-3-5-10)12-8-19-13-9-18-7-6-11(12)13/h1-9,19H,(H4,16,17,21)/b20-14+. The number of guanidine groups is 1. The number of benzene rings is 1. The molecule has 0 aliphatic heterocycles. The fraction of sp³-hybridized carbons (Fsp3) is 0. The Balaban J connectivity index is 2.20. The summed E-state index contributed by atoms with van der Waals surface area (Å²) < 4.78 is 0. The van der Waals surface area contributed by atoms with E-state index in [9.17, 15) is 0 Å². The number of fused-ring (bicyclic) bond motifs is 1. The maximum Gasteiger partial charge on any atom is 0.211 e. The summed E-state index contributed by atoms with van der Waals surface area (Å²) in [5, 5.41) is 9.01. The average Bonchev–Trinajstić information content (AvgIpc) is 2.93. The summed E-state index contributed by atoms with van der Waals surface area (Å²) in [4.78, 5) is 7.27. The maximum atomic E-state index is 5.39. The van der Waals surface area contributed by atoms with Gasteiger partial charge >= 0.3 is 0 Å². The summed E-state index contributed by atoms with van der Waals surface area (Å²) in [5.41, 5.74) is 14.3. The molecular formula is C15H14N6. The molecule has 104 valence electrons. The molecule has 21 heavy (non-hydrogen) atoms. The van der Waals surface area contributed by atoms with E-state index in [4.69, 9.17) is 11.5 Å². The highest BCUT2D eigenvalue weighted by atomic mass is 15.3. The molecule has 2 aromatic heterocycles. The van der Waals surface area contributed by atoms with E-state index in [1.807, 2.05) is 42.6 Å². The predicted molar refractivity (Wildman–Crippen MR) is 84.0 cm³/mol. The minimum absolute atomic E-state index is 0.0788. The van der Waals surface area contributed by atoms with Crippen molar-refractivity contribution in [3.8, 4) is 0 Å². The third kappa shape index (κ3) is 2.59. The lowest BCUT2D eigenvalue weighted by molar-refractivity contribution is 1.20. The Morgan fingerprint density at radius 2 is 1.86 bits per heavy atom. The summed E-state index contributed by atoms with van der Waals surface area (Å²) >= 11 is 0. The summed E-state index contributed by atoms with van der Waals surface area (Å²) in [6.45, 7) is 0. The quantitative estimate of drug-likeness (QED) is 0.385. The highest BCUT2D eigenvalue weighted by Crippen LogP contribution is 2.21. The van der Waals surface area contributed by atoms with Crippen LogP contribution in [0.3, 0.4) is 0 Å². The Morgan fingerprint density at radius 3 is 2.62 bits per heavy atom. The summed E-state index contributed by atoms with van der Waals surface area (Å²) in [6.07, 6.45) is 5.38. The smallest absolute Gasteiger partial charge is 0.211 e. The van der Waals surface area contributed by atoms with Gasteiger partial charge in [-0.25, -0.2) is 0 Å². The molecule has 0 unspecified atom stereocenters. The lowest BCUT2D eigenvalue weighted by atomic mass is 10.0. The Hall–Kier alpha value is -3.15. The van der Waals surface area contributed by atoms with Gasteiger partial charge in [-0.3, -0.25) is 4.98 Å². The lowest BCUT2D eigenvalue weighted by Crippen LogP contribution is -2.22.